The fraction of sp³-hybridized carbons (Fsp3) is 0.750. The smallest absolute Gasteiger partial charge is 0.157 e. The van der Waals surface area contributed by atoms with E-state index in [2.05, 4.69) is 6.92 Å². The second-order valence-corrected chi connectivity index (χ2v) is 8.43. The van der Waals surface area contributed by atoms with E-state index in [9.17, 15) is 8.78 Å². The van der Waals surface area contributed by atoms with Crippen LogP contribution in [0.4, 0.5) is 8.78 Å². The zero-order valence-corrected chi connectivity index (χ0v) is 17.3. The van der Waals surface area contributed by atoms with E-state index in [1.54, 1.807) is 0 Å². The van der Waals surface area contributed by atoms with Crippen LogP contribution in [0.5, 0.6) is 0 Å². The molecule has 2 rings (SSSR count). The van der Waals surface area contributed by atoms with Crippen LogP contribution in [0.15, 0.2) is 30.3 Å². The summed E-state index contributed by atoms with van der Waals surface area (Å²) in [6, 6.07) is 9.33. The molecule has 1 saturated carbocycles. The van der Waals surface area contributed by atoms with Gasteiger partial charge in [0.2, 0.25) is 0 Å². The van der Waals surface area contributed by atoms with Gasteiger partial charge >= 0.3 is 0 Å². The first-order chi connectivity index (χ1) is 13.1. The largest absolute Gasteiger partial charge is 0.375 e. The van der Waals surface area contributed by atoms with Gasteiger partial charge < -0.3 is 4.74 Å². The highest BCUT2D eigenvalue weighted by Gasteiger charge is 2.35. The Morgan fingerprint density at radius 1 is 1.00 bits per heavy atom. The van der Waals surface area contributed by atoms with E-state index in [1.807, 2.05) is 37.3 Å². The predicted molar refractivity (Wildman–Crippen MR) is 110 cm³/mol. The molecule has 0 N–H and O–H groups in total. The minimum Gasteiger partial charge on any atom is -0.375 e. The lowest BCUT2D eigenvalue weighted by molar-refractivity contribution is -0.0765. The molecule has 0 radical (unpaired) electrons. The second-order valence-electron chi connectivity index (χ2n) is 8.43. The van der Waals surface area contributed by atoms with Gasteiger partial charge in [0.1, 0.15) is 6.17 Å². The normalized spacial score (nSPS) is 20.1. The van der Waals surface area contributed by atoms with Crippen molar-refractivity contribution in [2.75, 3.05) is 6.61 Å². The van der Waals surface area contributed by atoms with Crippen molar-refractivity contribution in [3.8, 4) is 0 Å². The van der Waals surface area contributed by atoms with Crippen molar-refractivity contribution in [2.45, 2.75) is 103 Å². The van der Waals surface area contributed by atoms with Crippen LogP contribution in [0.25, 0.3) is 0 Å². The van der Waals surface area contributed by atoms with Gasteiger partial charge in [0.15, 0.2) is 6.17 Å². The number of ether oxygens (including phenoxy) is 1. The Bertz CT molecular complexity index is 498. The van der Waals surface area contributed by atoms with Crippen molar-refractivity contribution in [1.29, 1.82) is 0 Å². The Labute approximate surface area is 164 Å². The van der Waals surface area contributed by atoms with Crippen molar-refractivity contribution >= 4 is 0 Å². The molecular weight excluding hydrogens is 342 g/mol. The Kier molecular flexibility index (Phi) is 9.75. The summed E-state index contributed by atoms with van der Waals surface area (Å²) in [6.07, 6.45) is 7.87. The van der Waals surface area contributed by atoms with Crippen LogP contribution < -0.4 is 0 Å². The standard InChI is InChI=1S/C24H38F2O/c1-3-5-10-15-24(16-11-7-12-17-24)19-27-22(4-2)23(26)21(25)18-20-13-8-6-9-14-20/h6,8-9,13-14,21-23H,3-5,7,10-12,15-19H2,1-2H3. The first-order valence-corrected chi connectivity index (χ1v) is 11.0. The molecule has 1 fully saturated rings. The minimum atomic E-state index is -1.56. The van der Waals surface area contributed by atoms with Crippen molar-refractivity contribution in [3.05, 3.63) is 35.9 Å². The van der Waals surface area contributed by atoms with Gasteiger partial charge in [-0.15, -0.1) is 0 Å². The van der Waals surface area contributed by atoms with Gasteiger partial charge in [-0.3, -0.25) is 0 Å². The number of unbranched alkanes of at least 4 members (excludes halogenated alkanes) is 2. The highest BCUT2D eigenvalue weighted by molar-refractivity contribution is 5.15. The van der Waals surface area contributed by atoms with Gasteiger partial charge in [-0.25, -0.2) is 8.78 Å². The molecule has 0 aliphatic heterocycles. The maximum atomic E-state index is 14.8. The lowest BCUT2D eigenvalue weighted by Crippen LogP contribution is -2.38. The van der Waals surface area contributed by atoms with Crippen LogP contribution in [-0.2, 0) is 11.2 Å². The van der Waals surface area contributed by atoms with E-state index in [0.717, 1.165) is 12.0 Å². The van der Waals surface area contributed by atoms with E-state index < -0.39 is 18.4 Å². The number of hydrogen-bond donors (Lipinski definition) is 0. The first kappa shape index (κ1) is 22.3. The molecule has 3 unspecified atom stereocenters. The van der Waals surface area contributed by atoms with Gasteiger partial charge in [-0.1, -0.05) is 82.7 Å². The number of benzene rings is 1. The van der Waals surface area contributed by atoms with E-state index >= 15 is 0 Å². The van der Waals surface area contributed by atoms with Crippen LogP contribution in [0.2, 0.25) is 0 Å². The van der Waals surface area contributed by atoms with Gasteiger partial charge in [0, 0.05) is 6.42 Å². The molecule has 0 heterocycles. The van der Waals surface area contributed by atoms with E-state index in [-0.39, 0.29) is 11.8 Å². The summed E-state index contributed by atoms with van der Waals surface area (Å²) in [7, 11) is 0. The minimum absolute atomic E-state index is 0.115. The summed E-state index contributed by atoms with van der Waals surface area (Å²) >= 11 is 0. The summed E-state index contributed by atoms with van der Waals surface area (Å²) < 4.78 is 35.5. The molecule has 0 bridgehead atoms. The maximum absolute atomic E-state index is 14.8. The monoisotopic (exact) mass is 380 g/mol. The van der Waals surface area contributed by atoms with Crippen molar-refractivity contribution < 1.29 is 13.5 Å². The number of alkyl halides is 2. The highest BCUT2D eigenvalue weighted by atomic mass is 19.2. The molecule has 1 aliphatic carbocycles. The van der Waals surface area contributed by atoms with Gasteiger partial charge in [-0.2, -0.15) is 0 Å². The molecule has 0 aromatic heterocycles. The maximum Gasteiger partial charge on any atom is 0.157 e. The third-order valence-corrected chi connectivity index (χ3v) is 6.21. The number of hydrogen-bond acceptors (Lipinski definition) is 1. The molecule has 1 aromatic rings. The summed E-state index contributed by atoms with van der Waals surface area (Å²) in [4.78, 5) is 0. The molecule has 0 amide bonds. The Morgan fingerprint density at radius 2 is 1.70 bits per heavy atom. The average molecular weight is 381 g/mol. The van der Waals surface area contributed by atoms with Crippen molar-refractivity contribution in [3.63, 3.8) is 0 Å². The van der Waals surface area contributed by atoms with Gasteiger partial charge in [0.25, 0.3) is 0 Å². The molecule has 3 heteroatoms. The lowest BCUT2D eigenvalue weighted by Gasteiger charge is -2.39. The SMILES string of the molecule is CCCCCC1(COC(CC)C(F)C(F)Cc2ccccc2)CCCCC1. The van der Waals surface area contributed by atoms with Gasteiger partial charge in [0.05, 0.1) is 12.7 Å². The summed E-state index contributed by atoms with van der Waals surface area (Å²) in [5, 5.41) is 0. The second kappa shape index (κ2) is 11.8. The number of rotatable bonds is 12. The third-order valence-electron chi connectivity index (χ3n) is 6.21. The molecule has 1 aliphatic rings. The fourth-order valence-corrected chi connectivity index (χ4v) is 4.42. The zero-order valence-electron chi connectivity index (χ0n) is 17.3. The average Bonchev–Trinajstić information content (AvgIpc) is 2.70. The topological polar surface area (TPSA) is 9.23 Å². The van der Waals surface area contributed by atoms with E-state index in [0.29, 0.717) is 13.0 Å². The molecule has 0 spiro atoms. The Morgan fingerprint density at radius 3 is 2.33 bits per heavy atom. The quantitative estimate of drug-likeness (QED) is 0.347. The van der Waals surface area contributed by atoms with Crippen molar-refractivity contribution in [2.24, 2.45) is 5.41 Å². The fourth-order valence-electron chi connectivity index (χ4n) is 4.42. The van der Waals surface area contributed by atoms with Crippen LogP contribution in [0.3, 0.4) is 0 Å². The zero-order chi connectivity index (χ0) is 19.5. The van der Waals surface area contributed by atoms with Crippen molar-refractivity contribution in [1.82, 2.24) is 0 Å². The molecule has 27 heavy (non-hydrogen) atoms. The molecule has 0 saturated heterocycles. The summed E-state index contributed by atoms with van der Waals surface area (Å²) in [6.45, 7) is 4.71. The summed E-state index contributed by atoms with van der Waals surface area (Å²) in [5.74, 6) is 0. The molecular formula is C24H38F2O. The molecule has 1 nitrogen and oxygen atoms in total. The lowest BCUT2D eigenvalue weighted by atomic mass is 9.71. The summed E-state index contributed by atoms with van der Waals surface area (Å²) in [5.41, 5.74) is 1.03. The van der Waals surface area contributed by atoms with E-state index in [1.165, 1.54) is 51.4 Å². The molecule has 154 valence electrons. The first-order valence-electron chi connectivity index (χ1n) is 11.0. The van der Waals surface area contributed by atoms with Gasteiger partial charge in [-0.05, 0) is 36.7 Å². The Balaban J connectivity index is 1.90. The number of halogens is 2. The third kappa shape index (κ3) is 7.18. The molecule has 3 atom stereocenters. The predicted octanol–water partition coefficient (Wildman–Crippen LogP) is 7.23. The Hall–Kier alpha value is -0.960. The highest BCUT2D eigenvalue weighted by Crippen LogP contribution is 2.41. The molecule has 1 aromatic carbocycles. The van der Waals surface area contributed by atoms with E-state index in [4.69, 9.17) is 4.74 Å². The van der Waals surface area contributed by atoms with Crippen LogP contribution >= 0.6 is 0 Å². The van der Waals surface area contributed by atoms with Crippen LogP contribution in [-0.4, -0.2) is 25.1 Å². The van der Waals surface area contributed by atoms with Crippen LogP contribution in [0.1, 0.15) is 83.6 Å². The van der Waals surface area contributed by atoms with Crippen LogP contribution in [0, 0.1) is 5.41 Å².